The predicted octanol–water partition coefficient (Wildman–Crippen LogP) is 3.08. The number of aromatic nitrogens is 3. The topological polar surface area (TPSA) is 56.1 Å². The van der Waals surface area contributed by atoms with Crippen molar-refractivity contribution < 1.29 is 4.57 Å². The molecule has 9 heteroatoms. The van der Waals surface area contributed by atoms with Crippen molar-refractivity contribution in [3.8, 4) is 0 Å². The van der Waals surface area contributed by atoms with E-state index in [0.29, 0.717) is 0 Å². The number of nitrogens with zero attached hydrogens (tertiary/aromatic N) is 8. The minimum absolute atomic E-state index is 0.0859. The van der Waals surface area contributed by atoms with Gasteiger partial charge in [0.25, 0.3) is 12.2 Å². The summed E-state index contributed by atoms with van der Waals surface area (Å²) in [6.45, 7) is 24.0. The lowest BCUT2D eigenvalue weighted by Crippen LogP contribution is -2.58. The van der Waals surface area contributed by atoms with Crippen LogP contribution < -0.4 is 4.57 Å². The quantitative estimate of drug-likeness (QED) is 0.545. The summed E-state index contributed by atoms with van der Waals surface area (Å²) in [6.07, 6.45) is 6.52. The van der Waals surface area contributed by atoms with Crippen LogP contribution in [0.25, 0.3) is 0 Å². The summed E-state index contributed by atoms with van der Waals surface area (Å²) in [7, 11) is 0. The molecule has 0 spiro atoms. The van der Waals surface area contributed by atoms with Crippen LogP contribution in [-0.4, -0.2) is 97.3 Å². The average Bonchev–Trinajstić information content (AvgIpc) is 3.49. The fourth-order valence-electron chi connectivity index (χ4n) is 6.23. The molecule has 8 nitrogen and oxygen atoms in total. The molecule has 36 heavy (non-hydrogen) atoms. The lowest BCUT2D eigenvalue weighted by Gasteiger charge is -2.45. The molecule has 4 aliphatic rings. The minimum Gasteiger partial charge on any atom is -0.297 e. The summed E-state index contributed by atoms with van der Waals surface area (Å²) >= 11 is 2.10. The minimum atomic E-state index is 0.0859. The van der Waals surface area contributed by atoms with Crippen LogP contribution in [0.2, 0.25) is 0 Å². The lowest BCUT2D eigenvalue weighted by atomic mass is 9.86. The number of piperidine rings is 1. The van der Waals surface area contributed by atoms with Crippen molar-refractivity contribution in [1.82, 2.24) is 24.5 Å². The molecule has 0 radical (unpaired) electrons. The van der Waals surface area contributed by atoms with E-state index >= 15 is 0 Å². The average molecular weight is 516 g/mol. The van der Waals surface area contributed by atoms with E-state index in [1.54, 1.807) is 0 Å². The largest absolute Gasteiger partial charge is 0.297 e. The maximum Gasteiger partial charge on any atom is 0.265 e. The van der Waals surface area contributed by atoms with Gasteiger partial charge in [-0.2, -0.15) is 22.0 Å². The first-order valence-electron chi connectivity index (χ1n) is 13.8. The summed E-state index contributed by atoms with van der Waals surface area (Å²) in [5.41, 5.74) is 1.66. The molecule has 2 fully saturated rings. The van der Waals surface area contributed by atoms with Crippen LogP contribution in [0.4, 0.5) is 0 Å². The van der Waals surface area contributed by atoms with Crippen LogP contribution in [0.5, 0.6) is 0 Å². The number of rotatable bonds is 6. The summed E-state index contributed by atoms with van der Waals surface area (Å²) in [4.78, 5) is 7.95. The molecule has 0 aliphatic carbocycles. The maximum absolute atomic E-state index is 4.96. The van der Waals surface area contributed by atoms with Gasteiger partial charge in [0, 0.05) is 72.2 Å². The normalized spacial score (nSPS) is 26.7. The van der Waals surface area contributed by atoms with Gasteiger partial charge in [0.05, 0.1) is 24.7 Å². The Hall–Kier alpha value is -1.29. The lowest BCUT2D eigenvalue weighted by molar-refractivity contribution is -0.713. The molecule has 0 amide bonds. The Morgan fingerprint density at radius 1 is 0.917 bits per heavy atom. The van der Waals surface area contributed by atoms with E-state index in [-0.39, 0.29) is 28.6 Å². The molecule has 4 aliphatic heterocycles. The SMILES string of the molecule is CC(C)(C)N1CC2=NN=CC2C(n2nc[n+]3c2CN(C(C)(C)CCC(C)(C)N2CCSCC2)CC3)C1. The van der Waals surface area contributed by atoms with E-state index in [9.17, 15) is 0 Å². The molecule has 5 heterocycles. The second-order valence-corrected chi connectivity index (χ2v) is 14.6. The van der Waals surface area contributed by atoms with Gasteiger partial charge >= 0.3 is 0 Å². The third kappa shape index (κ3) is 5.18. The highest BCUT2D eigenvalue weighted by atomic mass is 32.2. The Bertz CT molecular complexity index is 998. The van der Waals surface area contributed by atoms with Gasteiger partial charge < -0.3 is 0 Å². The number of hydrogen-bond acceptors (Lipinski definition) is 7. The van der Waals surface area contributed by atoms with Gasteiger partial charge in [-0.15, -0.1) is 4.68 Å². The van der Waals surface area contributed by atoms with Gasteiger partial charge in [-0.3, -0.25) is 14.7 Å². The van der Waals surface area contributed by atoms with Gasteiger partial charge in [0.2, 0.25) is 0 Å². The first-order chi connectivity index (χ1) is 17.0. The third-order valence-corrected chi connectivity index (χ3v) is 10.1. The fourth-order valence-corrected chi connectivity index (χ4v) is 7.14. The van der Waals surface area contributed by atoms with Crippen LogP contribution in [0.15, 0.2) is 16.5 Å². The van der Waals surface area contributed by atoms with Gasteiger partial charge in [-0.1, -0.05) is 0 Å². The molecule has 0 saturated carbocycles. The molecule has 1 aromatic rings. The van der Waals surface area contributed by atoms with Gasteiger partial charge in [0.1, 0.15) is 6.04 Å². The molecular weight excluding hydrogens is 468 g/mol. The summed E-state index contributed by atoms with van der Waals surface area (Å²) in [5.74, 6) is 4.12. The van der Waals surface area contributed by atoms with Crippen molar-refractivity contribution in [3.05, 3.63) is 12.2 Å². The molecule has 0 bridgehead atoms. The van der Waals surface area contributed by atoms with Crippen LogP contribution in [0, 0.1) is 5.92 Å². The monoisotopic (exact) mass is 515 g/mol. The fraction of sp³-hybridized carbons (Fsp3) is 0.852. The van der Waals surface area contributed by atoms with Crippen LogP contribution in [0.3, 0.4) is 0 Å². The van der Waals surface area contributed by atoms with Crippen molar-refractivity contribution in [2.45, 2.75) is 97.1 Å². The van der Waals surface area contributed by atoms with Crippen molar-refractivity contribution in [2.24, 2.45) is 16.1 Å². The second-order valence-electron chi connectivity index (χ2n) is 13.3. The van der Waals surface area contributed by atoms with Crippen molar-refractivity contribution >= 4 is 23.7 Å². The van der Waals surface area contributed by atoms with E-state index in [2.05, 4.69) is 101 Å². The molecule has 0 aromatic carbocycles. The Morgan fingerprint density at radius 3 is 2.31 bits per heavy atom. The first kappa shape index (κ1) is 26.3. The molecule has 200 valence electrons. The van der Waals surface area contributed by atoms with Crippen molar-refractivity contribution in [2.75, 3.05) is 44.2 Å². The molecule has 1 aromatic heterocycles. The standard InChI is InChI=1S/C27H47N8S/c1-25(2,3)34-17-22-21(16-28-30-22)23(18-34)35-24-19-33(11-10-31(24)20-29-35)27(6,7)9-8-26(4,5)32-12-14-36-15-13-32/h16,20-21,23H,8-15,17-19H2,1-7H3/q+1. The van der Waals surface area contributed by atoms with Gasteiger partial charge in [-0.25, -0.2) is 4.57 Å². The summed E-state index contributed by atoms with van der Waals surface area (Å²) in [5, 5.41) is 13.8. The molecule has 2 atom stereocenters. The number of thioether (sulfide) groups is 1. The zero-order valence-corrected chi connectivity index (χ0v) is 24.4. The van der Waals surface area contributed by atoms with Gasteiger partial charge in [-0.05, 0) is 61.3 Å². The number of hydrogen-bond donors (Lipinski definition) is 0. The Morgan fingerprint density at radius 2 is 1.61 bits per heavy atom. The Kier molecular flexibility index (Phi) is 7.16. The van der Waals surface area contributed by atoms with E-state index in [1.165, 1.54) is 49.0 Å². The highest BCUT2D eigenvalue weighted by Crippen LogP contribution is 2.34. The molecule has 5 rings (SSSR count). The van der Waals surface area contributed by atoms with E-state index in [0.717, 1.165) is 32.7 Å². The van der Waals surface area contributed by atoms with Crippen molar-refractivity contribution in [3.63, 3.8) is 0 Å². The molecule has 0 N–H and O–H groups in total. The Balaban J connectivity index is 1.31. The number of likely N-dealkylation sites (tertiary alicyclic amines) is 1. The van der Waals surface area contributed by atoms with Crippen molar-refractivity contribution in [1.29, 1.82) is 0 Å². The van der Waals surface area contributed by atoms with Crippen LogP contribution in [-0.2, 0) is 13.1 Å². The first-order valence-corrected chi connectivity index (χ1v) is 15.0. The summed E-state index contributed by atoms with van der Waals surface area (Å²) in [6, 6.07) is 0.234. The summed E-state index contributed by atoms with van der Waals surface area (Å²) < 4.78 is 4.69. The van der Waals surface area contributed by atoms with E-state index in [1.807, 2.05) is 6.21 Å². The second kappa shape index (κ2) is 9.79. The molecule has 2 unspecified atom stereocenters. The zero-order valence-electron chi connectivity index (χ0n) is 23.6. The maximum atomic E-state index is 4.96. The predicted molar refractivity (Wildman–Crippen MR) is 149 cm³/mol. The highest BCUT2D eigenvalue weighted by molar-refractivity contribution is 7.99. The van der Waals surface area contributed by atoms with E-state index in [4.69, 9.17) is 5.10 Å². The van der Waals surface area contributed by atoms with Crippen LogP contribution >= 0.6 is 11.8 Å². The van der Waals surface area contributed by atoms with Crippen LogP contribution in [0.1, 0.15) is 73.2 Å². The zero-order chi connectivity index (χ0) is 25.7. The smallest absolute Gasteiger partial charge is 0.265 e. The number of fused-ring (bicyclic) bond motifs is 2. The van der Waals surface area contributed by atoms with Gasteiger partial charge in [0.15, 0.2) is 0 Å². The molecular formula is C27H47N8S+. The molecule has 2 saturated heterocycles. The third-order valence-electron chi connectivity index (χ3n) is 9.16. The highest BCUT2D eigenvalue weighted by Gasteiger charge is 2.46. The Labute approximate surface area is 222 Å². The van der Waals surface area contributed by atoms with E-state index < -0.39 is 0 Å².